The first-order valence-corrected chi connectivity index (χ1v) is 11.2. The molecule has 1 atom stereocenters. The van der Waals surface area contributed by atoms with E-state index in [2.05, 4.69) is 36.2 Å². The van der Waals surface area contributed by atoms with Gasteiger partial charge in [0.25, 0.3) is 5.56 Å². The molecule has 196 valence electrons. The molecule has 0 spiro atoms. The van der Waals surface area contributed by atoms with Crippen molar-refractivity contribution in [1.82, 2.24) is 15.0 Å². The predicted octanol–water partition coefficient (Wildman–Crippen LogP) is 5.87. The highest BCUT2D eigenvalue weighted by atomic mass is 79.9. The zero-order valence-electron chi connectivity index (χ0n) is 18.7. The molecule has 4 aromatic rings. The van der Waals surface area contributed by atoms with E-state index in [1.54, 1.807) is 18.2 Å². The van der Waals surface area contributed by atoms with E-state index in [1.165, 1.54) is 19.4 Å². The van der Waals surface area contributed by atoms with Crippen LogP contribution in [0.25, 0.3) is 22.4 Å². The summed E-state index contributed by atoms with van der Waals surface area (Å²) in [5, 5.41) is 13.4. The minimum atomic E-state index is -5.13. The third kappa shape index (κ3) is 5.44. The van der Waals surface area contributed by atoms with Gasteiger partial charge in [0, 0.05) is 12.7 Å². The molecule has 2 heterocycles. The summed E-state index contributed by atoms with van der Waals surface area (Å²) in [5.74, 6) is 0.156. The van der Waals surface area contributed by atoms with Gasteiger partial charge in [-0.05, 0) is 51.8 Å². The number of halogens is 7. The number of nitrogens with zero attached hydrogens (tertiary/aromatic N) is 1. The number of rotatable bonds is 6. The van der Waals surface area contributed by atoms with E-state index in [4.69, 9.17) is 4.74 Å². The number of imidazole rings is 1. The van der Waals surface area contributed by atoms with Crippen molar-refractivity contribution < 1.29 is 36.2 Å². The van der Waals surface area contributed by atoms with Gasteiger partial charge in [0.2, 0.25) is 0 Å². The number of H-pyrrole nitrogens is 2. The largest absolute Gasteiger partial charge is 0.496 e. The number of aliphatic hydroxyl groups excluding tert-OH is 1. The molecule has 4 rings (SSSR count). The number of hydrogen-bond acceptors (Lipinski definition) is 5. The molecule has 0 saturated carbocycles. The Kier molecular flexibility index (Phi) is 6.99. The number of aliphatic hydroxyl groups is 1. The van der Waals surface area contributed by atoms with Crippen LogP contribution in [0.15, 0.2) is 51.9 Å². The van der Waals surface area contributed by atoms with Crippen LogP contribution in [0.5, 0.6) is 5.75 Å². The summed E-state index contributed by atoms with van der Waals surface area (Å²) in [7, 11) is 1.48. The van der Waals surface area contributed by atoms with Gasteiger partial charge in [-0.15, -0.1) is 0 Å². The van der Waals surface area contributed by atoms with Crippen LogP contribution in [0.2, 0.25) is 0 Å². The van der Waals surface area contributed by atoms with Gasteiger partial charge in [0.05, 0.1) is 40.0 Å². The lowest BCUT2D eigenvalue weighted by Gasteiger charge is -2.16. The van der Waals surface area contributed by atoms with Crippen LogP contribution in [0.3, 0.4) is 0 Å². The van der Waals surface area contributed by atoms with Crippen LogP contribution in [-0.4, -0.2) is 33.7 Å². The third-order valence-corrected chi connectivity index (χ3v) is 6.08. The van der Waals surface area contributed by atoms with Crippen molar-refractivity contribution in [3.05, 3.63) is 74.1 Å². The van der Waals surface area contributed by atoms with Crippen LogP contribution in [0.4, 0.5) is 32.0 Å². The highest BCUT2D eigenvalue weighted by Gasteiger charge is 2.39. The maximum absolute atomic E-state index is 13.6. The van der Waals surface area contributed by atoms with E-state index < -0.39 is 46.2 Å². The predicted molar refractivity (Wildman–Crippen MR) is 126 cm³/mol. The number of aromatic amines is 2. The number of ether oxygens (including phenoxy) is 1. The number of methoxy groups -OCH3 is 1. The van der Waals surface area contributed by atoms with Crippen molar-refractivity contribution in [2.24, 2.45) is 0 Å². The normalized spacial score (nSPS) is 13.1. The Morgan fingerprint density at radius 3 is 2.46 bits per heavy atom. The summed E-state index contributed by atoms with van der Waals surface area (Å²) in [6, 6.07) is 6.72. The van der Waals surface area contributed by atoms with Crippen LogP contribution in [-0.2, 0) is 12.4 Å². The second kappa shape index (κ2) is 9.74. The molecule has 2 aromatic heterocycles. The average Bonchev–Trinajstić information content (AvgIpc) is 3.24. The molecule has 0 aliphatic rings. The molecule has 0 bridgehead atoms. The Balaban J connectivity index is 1.73. The van der Waals surface area contributed by atoms with E-state index >= 15 is 0 Å². The van der Waals surface area contributed by atoms with Crippen molar-refractivity contribution in [2.75, 3.05) is 19.0 Å². The highest BCUT2D eigenvalue weighted by molar-refractivity contribution is 9.10. The number of pyridine rings is 1. The molecule has 0 radical (unpaired) electrons. The Morgan fingerprint density at radius 1 is 1.11 bits per heavy atom. The molecule has 2 aromatic carbocycles. The lowest BCUT2D eigenvalue weighted by atomic mass is 10.1. The third-order valence-electron chi connectivity index (χ3n) is 5.46. The monoisotopic (exact) mass is 590 g/mol. The van der Waals surface area contributed by atoms with Gasteiger partial charge in [0.15, 0.2) is 0 Å². The molecule has 0 aliphatic heterocycles. The van der Waals surface area contributed by atoms with Crippen molar-refractivity contribution in [1.29, 1.82) is 0 Å². The first-order valence-electron chi connectivity index (χ1n) is 10.4. The summed E-state index contributed by atoms with van der Waals surface area (Å²) >= 11 is 3.31. The molecule has 37 heavy (non-hydrogen) atoms. The summed E-state index contributed by atoms with van der Waals surface area (Å²) in [6.45, 7) is -0.124. The number of nitrogens with one attached hydrogen (secondary N) is 3. The lowest BCUT2D eigenvalue weighted by molar-refractivity contribution is -0.142. The van der Waals surface area contributed by atoms with Gasteiger partial charge in [-0.3, -0.25) is 4.79 Å². The van der Waals surface area contributed by atoms with E-state index in [9.17, 15) is 36.2 Å². The number of benzene rings is 2. The molecule has 0 saturated heterocycles. The zero-order valence-corrected chi connectivity index (χ0v) is 20.3. The molecule has 4 N–H and O–H groups in total. The van der Waals surface area contributed by atoms with Crippen LogP contribution in [0, 0.1) is 0 Å². The summed E-state index contributed by atoms with van der Waals surface area (Å²) < 4.78 is 86.1. The minimum Gasteiger partial charge on any atom is -0.496 e. The molecule has 14 heteroatoms. The zero-order chi connectivity index (χ0) is 27.1. The molecular weight excluding hydrogens is 574 g/mol. The Labute approximate surface area is 212 Å². The fourth-order valence-electron chi connectivity index (χ4n) is 3.69. The van der Waals surface area contributed by atoms with Gasteiger partial charge in [-0.2, -0.15) is 26.3 Å². The van der Waals surface area contributed by atoms with Gasteiger partial charge in [0.1, 0.15) is 22.7 Å². The SMILES string of the molecule is COc1ccc(C(O)CNc2cc[nH]c(=O)c2-c2nc3c(C(F)(F)F)cc(C(F)(F)F)cc3[nH]2)cc1Br. The number of aromatic nitrogens is 3. The van der Waals surface area contributed by atoms with Crippen molar-refractivity contribution in [3.63, 3.8) is 0 Å². The van der Waals surface area contributed by atoms with Crippen molar-refractivity contribution >= 4 is 32.7 Å². The van der Waals surface area contributed by atoms with Crippen LogP contribution >= 0.6 is 15.9 Å². The Hall–Kier alpha value is -3.52. The summed E-state index contributed by atoms with van der Waals surface area (Å²) in [6.07, 6.45) is -9.98. The van der Waals surface area contributed by atoms with Gasteiger partial charge < -0.3 is 25.1 Å². The Morgan fingerprint density at radius 2 is 1.84 bits per heavy atom. The standard InChI is InChI=1S/C23H17BrF6N4O3/c1-37-17-3-2-10(6-13(17)24)16(35)9-32-14-4-5-31-21(36)18(14)20-33-15-8-11(22(25,26)27)7-12(19(15)34-20)23(28,29)30/h2-8,16,35H,9H2,1H3,(H,33,34)(H2,31,32,36). The van der Waals surface area contributed by atoms with Gasteiger partial charge in [-0.1, -0.05) is 6.07 Å². The maximum Gasteiger partial charge on any atom is 0.418 e. The number of alkyl halides is 6. The van der Waals surface area contributed by atoms with E-state index in [1.807, 2.05) is 0 Å². The first kappa shape index (κ1) is 26.5. The summed E-state index contributed by atoms with van der Waals surface area (Å²) in [4.78, 5) is 21.2. The number of anilines is 1. The molecule has 0 aliphatic carbocycles. The number of fused-ring (bicyclic) bond motifs is 1. The maximum atomic E-state index is 13.6. The van der Waals surface area contributed by atoms with E-state index in [0.29, 0.717) is 21.9 Å². The molecule has 1 unspecified atom stereocenters. The topological polar surface area (TPSA) is 103 Å². The van der Waals surface area contributed by atoms with Gasteiger partial charge >= 0.3 is 12.4 Å². The van der Waals surface area contributed by atoms with Crippen molar-refractivity contribution in [3.8, 4) is 17.1 Å². The summed E-state index contributed by atoms with van der Waals surface area (Å²) in [5.41, 5.74) is -4.87. The first-order chi connectivity index (χ1) is 17.3. The fraction of sp³-hybridized carbons (Fsp3) is 0.217. The van der Waals surface area contributed by atoms with Gasteiger partial charge in [-0.25, -0.2) is 4.98 Å². The Bertz CT molecular complexity index is 1510. The molecule has 0 amide bonds. The lowest BCUT2D eigenvalue weighted by Crippen LogP contribution is -2.17. The van der Waals surface area contributed by atoms with E-state index in [0.717, 1.165) is 0 Å². The quantitative estimate of drug-likeness (QED) is 0.210. The fourth-order valence-corrected chi connectivity index (χ4v) is 4.25. The van der Waals surface area contributed by atoms with Crippen LogP contribution < -0.4 is 15.6 Å². The second-order valence-corrected chi connectivity index (χ2v) is 8.74. The average molecular weight is 591 g/mol. The number of hydrogen-bond donors (Lipinski definition) is 4. The highest BCUT2D eigenvalue weighted by Crippen LogP contribution is 2.40. The molecular formula is C23H17BrF6N4O3. The smallest absolute Gasteiger partial charge is 0.418 e. The van der Waals surface area contributed by atoms with Crippen molar-refractivity contribution in [2.45, 2.75) is 18.5 Å². The second-order valence-electron chi connectivity index (χ2n) is 7.89. The van der Waals surface area contributed by atoms with Crippen LogP contribution in [0.1, 0.15) is 22.8 Å². The minimum absolute atomic E-state index is 0.0231. The van der Waals surface area contributed by atoms with E-state index in [-0.39, 0.29) is 29.7 Å². The molecule has 7 nitrogen and oxygen atoms in total. The molecule has 0 fully saturated rings.